The molecule has 2 aromatic rings. The van der Waals surface area contributed by atoms with Crippen LogP contribution in [0.3, 0.4) is 0 Å². The molecule has 1 amide bonds. The van der Waals surface area contributed by atoms with E-state index in [9.17, 15) is 4.79 Å². The summed E-state index contributed by atoms with van der Waals surface area (Å²) in [5.41, 5.74) is 0.406. The molecule has 0 aromatic carbocycles. The van der Waals surface area contributed by atoms with Crippen molar-refractivity contribution in [2.45, 2.75) is 31.1 Å². The van der Waals surface area contributed by atoms with Gasteiger partial charge in [-0.05, 0) is 25.0 Å². The van der Waals surface area contributed by atoms with Crippen molar-refractivity contribution in [2.75, 3.05) is 49.6 Å². The summed E-state index contributed by atoms with van der Waals surface area (Å²) in [6.07, 6.45) is 7.05. The summed E-state index contributed by atoms with van der Waals surface area (Å²) in [4.78, 5) is 29.7. The van der Waals surface area contributed by atoms with E-state index >= 15 is 0 Å². The van der Waals surface area contributed by atoms with Gasteiger partial charge >= 0.3 is 0 Å². The fourth-order valence-electron chi connectivity index (χ4n) is 4.21. The number of hydrogen-bond acceptors (Lipinski definition) is 8. The first-order valence-corrected chi connectivity index (χ1v) is 10.5. The standard InChI is InChI=1S/C21H26N6O3/c28-21(26-7-3-4-8-26)16-9-22-10-20(25-16)27-11-17-18(12-27)30-14-15(13-29-17)24-19-5-1-2-6-23-19/h1-2,5-6,9-10,15,17-18H,3-4,7-8,11-14H2,(H,23,24)/t17-,18-/m0/s1. The lowest BCUT2D eigenvalue weighted by Gasteiger charge is -2.21. The first-order chi connectivity index (χ1) is 14.8. The van der Waals surface area contributed by atoms with Crippen LogP contribution in [0.25, 0.3) is 0 Å². The van der Waals surface area contributed by atoms with Crippen molar-refractivity contribution < 1.29 is 14.3 Å². The molecule has 0 aliphatic carbocycles. The normalized spacial score (nSPS) is 24.5. The first-order valence-electron chi connectivity index (χ1n) is 10.5. The molecule has 5 rings (SSSR count). The first kappa shape index (κ1) is 19.2. The topological polar surface area (TPSA) is 92.7 Å². The third-order valence-corrected chi connectivity index (χ3v) is 5.81. The summed E-state index contributed by atoms with van der Waals surface area (Å²) in [7, 11) is 0. The minimum absolute atomic E-state index is 0.0359. The fraction of sp³-hybridized carbons (Fsp3) is 0.524. The van der Waals surface area contributed by atoms with Crippen molar-refractivity contribution in [3.63, 3.8) is 0 Å². The van der Waals surface area contributed by atoms with Crippen LogP contribution in [0.4, 0.5) is 11.6 Å². The van der Waals surface area contributed by atoms with Crippen molar-refractivity contribution in [2.24, 2.45) is 0 Å². The molecule has 5 heterocycles. The Bertz CT molecular complexity index is 860. The smallest absolute Gasteiger partial charge is 0.274 e. The number of carbonyl (C=O) groups is 1. The molecule has 158 valence electrons. The third-order valence-electron chi connectivity index (χ3n) is 5.81. The number of nitrogens with one attached hydrogen (secondary N) is 1. The highest BCUT2D eigenvalue weighted by Gasteiger charge is 2.38. The van der Waals surface area contributed by atoms with Crippen LogP contribution in [0, 0.1) is 0 Å². The molecule has 2 aromatic heterocycles. The van der Waals surface area contributed by atoms with Gasteiger partial charge in [0.2, 0.25) is 0 Å². The average Bonchev–Trinajstić information content (AvgIpc) is 3.43. The van der Waals surface area contributed by atoms with Crippen LogP contribution < -0.4 is 10.2 Å². The molecule has 0 radical (unpaired) electrons. The molecular weight excluding hydrogens is 384 g/mol. The van der Waals surface area contributed by atoms with Gasteiger partial charge in [-0.2, -0.15) is 0 Å². The van der Waals surface area contributed by atoms with Gasteiger partial charge in [0.1, 0.15) is 29.5 Å². The van der Waals surface area contributed by atoms with Crippen LogP contribution in [0.5, 0.6) is 0 Å². The Hall–Kier alpha value is -2.78. The van der Waals surface area contributed by atoms with Gasteiger partial charge < -0.3 is 24.6 Å². The highest BCUT2D eigenvalue weighted by molar-refractivity contribution is 5.92. The average molecular weight is 410 g/mol. The van der Waals surface area contributed by atoms with Crippen molar-refractivity contribution in [3.05, 3.63) is 42.5 Å². The molecule has 0 unspecified atom stereocenters. The van der Waals surface area contributed by atoms with E-state index in [4.69, 9.17) is 9.47 Å². The van der Waals surface area contributed by atoms with E-state index in [2.05, 4.69) is 25.2 Å². The summed E-state index contributed by atoms with van der Waals surface area (Å²) in [6, 6.07) is 5.83. The second kappa shape index (κ2) is 8.53. The van der Waals surface area contributed by atoms with Crippen molar-refractivity contribution >= 4 is 17.5 Å². The molecule has 0 bridgehead atoms. The summed E-state index contributed by atoms with van der Waals surface area (Å²) >= 11 is 0. The largest absolute Gasteiger partial charge is 0.371 e. The highest BCUT2D eigenvalue weighted by atomic mass is 16.6. The molecule has 0 saturated carbocycles. The molecule has 3 aliphatic rings. The second-order valence-corrected chi connectivity index (χ2v) is 7.97. The molecule has 0 spiro atoms. The molecule has 3 fully saturated rings. The van der Waals surface area contributed by atoms with Gasteiger partial charge in [0, 0.05) is 32.4 Å². The number of aromatic nitrogens is 3. The molecule has 1 N–H and O–H groups in total. The number of pyridine rings is 1. The van der Waals surface area contributed by atoms with E-state index in [-0.39, 0.29) is 24.2 Å². The Morgan fingerprint density at radius 2 is 1.83 bits per heavy atom. The zero-order valence-electron chi connectivity index (χ0n) is 16.8. The summed E-state index contributed by atoms with van der Waals surface area (Å²) in [5.74, 6) is 1.48. The molecule has 30 heavy (non-hydrogen) atoms. The van der Waals surface area contributed by atoms with Crippen LogP contribution >= 0.6 is 0 Å². The minimum Gasteiger partial charge on any atom is -0.371 e. The van der Waals surface area contributed by atoms with E-state index in [1.165, 1.54) is 0 Å². The van der Waals surface area contributed by atoms with Gasteiger partial charge in [0.05, 0.1) is 31.6 Å². The highest BCUT2D eigenvalue weighted by Crippen LogP contribution is 2.25. The molecule has 3 aliphatic heterocycles. The molecule has 2 atom stereocenters. The summed E-state index contributed by atoms with van der Waals surface area (Å²) < 4.78 is 12.3. The number of likely N-dealkylation sites (tertiary alicyclic amines) is 1. The quantitative estimate of drug-likeness (QED) is 0.804. The van der Waals surface area contributed by atoms with E-state index in [0.717, 1.165) is 31.7 Å². The summed E-state index contributed by atoms with van der Waals surface area (Å²) in [6.45, 7) is 4.02. The number of rotatable bonds is 4. The van der Waals surface area contributed by atoms with Gasteiger partial charge in [-0.1, -0.05) is 6.07 Å². The Balaban J connectivity index is 1.21. The number of amides is 1. The number of anilines is 2. The van der Waals surface area contributed by atoms with Gasteiger partial charge in [0.15, 0.2) is 0 Å². The third kappa shape index (κ3) is 4.08. The maximum absolute atomic E-state index is 12.6. The summed E-state index contributed by atoms with van der Waals surface area (Å²) in [5, 5.41) is 3.36. The number of nitrogens with zero attached hydrogens (tertiary/aromatic N) is 5. The number of carbonyl (C=O) groups excluding carboxylic acids is 1. The van der Waals surface area contributed by atoms with Crippen LogP contribution in [-0.2, 0) is 9.47 Å². The Morgan fingerprint density at radius 3 is 2.53 bits per heavy atom. The maximum atomic E-state index is 12.6. The maximum Gasteiger partial charge on any atom is 0.274 e. The molecular formula is C21H26N6O3. The zero-order chi connectivity index (χ0) is 20.3. The van der Waals surface area contributed by atoms with Crippen molar-refractivity contribution in [3.8, 4) is 0 Å². The lowest BCUT2D eigenvalue weighted by Crippen LogP contribution is -2.32. The fourth-order valence-corrected chi connectivity index (χ4v) is 4.21. The predicted octanol–water partition coefficient (Wildman–Crippen LogP) is 1.19. The van der Waals surface area contributed by atoms with E-state index in [1.54, 1.807) is 18.6 Å². The van der Waals surface area contributed by atoms with Gasteiger partial charge in [-0.25, -0.2) is 9.97 Å². The minimum atomic E-state index is -0.0414. The van der Waals surface area contributed by atoms with E-state index < -0.39 is 0 Å². The molecule has 3 saturated heterocycles. The predicted molar refractivity (Wildman–Crippen MR) is 111 cm³/mol. The number of hydrogen-bond donors (Lipinski definition) is 1. The van der Waals surface area contributed by atoms with Crippen LogP contribution in [0.15, 0.2) is 36.8 Å². The van der Waals surface area contributed by atoms with Gasteiger partial charge in [-0.15, -0.1) is 0 Å². The van der Waals surface area contributed by atoms with E-state index in [1.807, 2.05) is 23.1 Å². The van der Waals surface area contributed by atoms with Crippen LogP contribution in [0.2, 0.25) is 0 Å². The Morgan fingerprint density at radius 1 is 1.07 bits per heavy atom. The van der Waals surface area contributed by atoms with Gasteiger partial charge in [-0.3, -0.25) is 9.78 Å². The van der Waals surface area contributed by atoms with E-state index in [0.29, 0.717) is 37.8 Å². The van der Waals surface area contributed by atoms with Crippen molar-refractivity contribution in [1.82, 2.24) is 19.9 Å². The van der Waals surface area contributed by atoms with Crippen LogP contribution in [-0.4, -0.2) is 83.4 Å². The Kier molecular flexibility index (Phi) is 5.46. The lowest BCUT2D eigenvalue weighted by molar-refractivity contribution is -0.00461. The lowest BCUT2D eigenvalue weighted by atomic mass is 10.3. The number of ether oxygens (including phenoxy) is 2. The van der Waals surface area contributed by atoms with Crippen molar-refractivity contribution in [1.29, 1.82) is 0 Å². The molecule has 9 nitrogen and oxygen atoms in total. The molecule has 9 heteroatoms. The SMILES string of the molecule is O=C(c1cncc(N2C[C@@H]3OCC(Nc4ccccn4)CO[C@H]3C2)n1)N1CCCC1. The van der Waals surface area contributed by atoms with Gasteiger partial charge in [0.25, 0.3) is 5.91 Å². The Labute approximate surface area is 175 Å². The van der Waals surface area contributed by atoms with Crippen LogP contribution in [0.1, 0.15) is 23.3 Å². The second-order valence-electron chi connectivity index (χ2n) is 7.97. The zero-order valence-corrected chi connectivity index (χ0v) is 16.8. The monoisotopic (exact) mass is 410 g/mol. The number of fused-ring (bicyclic) bond motifs is 1.